The van der Waals surface area contributed by atoms with E-state index in [1.54, 1.807) is 16.2 Å². The molecular weight excluding hydrogens is 334 g/mol. The molecule has 1 fully saturated rings. The zero-order valence-corrected chi connectivity index (χ0v) is 15.4. The van der Waals surface area contributed by atoms with E-state index in [-0.39, 0.29) is 17.9 Å². The largest absolute Gasteiger partial charge is 0.379 e. The molecule has 2 heterocycles. The Morgan fingerprint density at radius 3 is 2.92 bits per heavy atom. The molecular formula is C19H23N3O2S. The van der Waals surface area contributed by atoms with Crippen LogP contribution >= 0.6 is 11.3 Å². The van der Waals surface area contributed by atoms with Gasteiger partial charge in [0.15, 0.2) is 0 Å². The van der Waals surface area contributed by atoms with Crippen molar-refractivity contribution in [2.45, 2.75) is 32.9 Å². The number of rotatable bonds is 4. The zero-order valence-electron chi connectivity index (χ0n) is 14.5. The zero-order chi connectivity index (χ0) is 17.8. The first kappa shape index (κ1) is 17.5. The van der Waals surface area contributed by atoms with Gasteiger partial charge in [-0.3, -0.25) is 9.59 Å². The highest BCUT2D eigenvalue weighted by Gasteiger charge is 2.26. The van der Waals surface area contributed by atoms with Crippen molar-refractivity contribution in [1.29, 1.82) is 0 Å². The molecule has 2 amide bonds. The number of amides is 2. The average molecular weight is 357 g/mol. The summed E-state index contributed by atoms with van der Waals surface area (Å²) in [5, 5.41) is 8.32. The van der Waals surface area contributed by atoms with Crippen molar-refractivity contribution >= 4 is 28.8 Å². The van der Waals surface area contributed by atoms with Crippen LogP contribution in [-0.2, 0) is 11.3 Å². The summed E-state index contributed by atoms with van der Waals surface area (Å²) in [4.78, 5) is 27.7. The third kappa shape index (κ3) is 4.02. The van der Waals surface area contributed by atoms with Crippen LogP contribution in [0, 0.1) is 6.92 Å². The Morgan fingerprint density at radius 2 is 2.16 bits per heavy atom. The monoisotopic (exact) mass is 357 g/mol. The lowest BCUT2D eigenvalue weighted by atomic mass is 10.1. The molecule has 2 N–H and O–H groups in total. The number of hydrogen-bond acceptors (Lipinski definition) is 4. The number of benzene rings is 1. The van der Waals surface area contributed by atoms with Crippen molar-refractivity contribution in [3.8, 4) is 0 Å². The molecule has 5 nitrogen and oxygen atoms in total. The SMILES string of the molecule is Cc1ccsc1CNc1ccccc1C(=O)N1CCC(=O)NC[C@@H]1C. The lowest BCUT2D eigenvalue weighted by molar-refractivity contribution is -0.120. The maximum absolute atomic E-state index is 13.1. The molecule has 1 aliphatic heterocycles. The Kier molecular flexibility index (Phi) is 5.38. The van der Waals surface area contributed by atoms with Crippen LogP contribution < -0.4 is 10.6 Å². The van der Waals surface area contributed by atoms with Crippen LogP contribution in [0.1, 0.15) is 34.1 Å². The van der Waals surface area contributed by atoms with Crippen molar-refractivity contribution in [2.75, 3.05) is 18.4 Å². The van der Waals surface area contributed by atoms with Gasteiger partial charge in [0.05, 0.1) is 5.56 Å². The Bertz CT molecular complexity index is 772. The third-order valence-corrected chi connectivity index (χ3v) is 5.56. The fraction of sp³-hybridized carbons (Fsp3) is 0.368. The quantitative estimate of drug-likeness (QED) is 0.884. The molecule has 0 unspecified atom stereocenters. The van der Waals surface area contributed by atoms with Crippen molar-refractivity contribution in [3.63, 3.8) is 0 Å². The van der Waals surface area contributed by atoms with Gasteiger partial charge in [-0.15, -0.1) is 11.3 Å². The van der Waals surface area contributed by atoms with Crippen molar-refractivity contribution in [3.05, 3.63) is 51.7 Å². The second-order valence-corrected chi connectivity index (χ2v) is 7.33. The van der Waals surface area contributed by atoms with Crippen LogP contribution in [0.3, 0.4) is 0 Å². The molecule has 0 saturated carbocycles. The van der Waals surface area contributed by atoms with Gasteiger partial charge in [-0.05, 0) is 43.0 Å². The van der Waals surface area contributed by atoms with E-state index < -0.39 is 0 Å². The Balaban J connectivity index is 1.78. The summed E-state index contributed by atoms with van der Waals surface area (Å²) in [6.45, 7) is 5.70. The molecule has 2 aromatic rings. The van der Waals surface area contributed by atoms with E-state index in [1.807, 2.05) is 31.2 Å². The topological polar surface area (TPSA) is 61.4 Å². The summed E-state index contributed by atoms with van der Waals surface area (Å²) < 4.78 is 0. The van der Waals surface area contributed by atoms with Gasteiger partial charge in [0.25, 0.3) is 5.91 Å². The first-order chi connectivity index (χ1) is 12.1. The van der Waals surface area contributed by atoms with Crippen LogP contribution in [0.4, 0.5) is 5.69 Å². The highest BCUT2D eigenvalue weighted by atomic mass is 32.1. The highest BCUT2D eigenvalue weighted by Crippen LogP contribution is 2.22. The summed E-state index contributed by atoms with van der Waals surface area (Å²) in [6.07, 6.45) is 0.347. The number of hydrogen-bond donors (Lipinski definition) is 2. The minimum Gasteiger partial charge on any atom is -0.379 e. The van der Waals surface area contributed by atoms with Gasteiger partial charge >= 0.3 is 0 Å². The van der Waals surface area contributed by atoms with Gasteiger partial charge in [-0.2, -0.15) is 0 Å². The molecule has 3 rings (SSSR count). The van der Waals surface area contributed by atoms with Gasteiger partial charge in [-0.25, -0.2) is 0 Å². The minimum atomic E-state index is -0.0324. The molecule has 0 spiro atoms. The molecule has 0 bridgehead atoms. The summed E-state index contributed by atoms with van der Waals surface area (Å²) in [6, 6.07) is 9.66. The van der Waals surface area contributed by atoms with E-state index in [0.717, 1.165) is 5.69 Å². The van der Waals surface area contributed by atoms with Crippen molar-refractivity contribution < 1.29 is 9.59 Å². The number of nitrogens with zero attached hydrogens (tertiary/aromatic N) is 1. The number of nitrogens with one attached hydrogen (secondary N) is 2. The average Bonchev–Trinajstić information content (AvgIpc) is 2.95. The first-order valence-corrected chi connectivity index (χ1v) is 9.37. The number of thiophene rings is 1. The molecule has 132 valence electrons. The fourth-order valence-electron chi connectivity index (χ4n) is 2.94. The number of aryl methyl sites for hydroxylation is 1. The standard InChI is InChI=1S/C19H23N3O2S/c1-13-8-10-25-17(13)12-20-16-6-4-3-5-15(16)19(24)22-9-7-18(23)21-11-14(22)2/h3-6,8,10,14,20H,7,9,11-12H2,1-2H3,(H,21,23)/t14-/m0/s1. The van der Waals surface area contributed by atoms with Crippen molar-refractivity contribution in [1.82, 2.24) is 10.2 Å². The lowest BCUT2D eigenvalue weighted by Gasteiger charge is -2.27. The summed E-state index contributed by atoms with van der Waals surface area (Å²) in [5.74, 6) is -0.0308. The van der Waals surface area contributed by atoms with E-state index in [0.29, 0.717) is 31.6 Å². The van der Waals surface area contributed by atoms with Crippen LogP contribution in [0.15, 0.2) is 35.7 Å². The van der Waals surface area contributed by atoms with Crippen molar-refractivity contribution in [2.24, 2.45) is 0 Å². The van der Waals surface area contributed by atoms with E-state index >= 15 is 0 Å². The van der Waals surface area contributed by atoms with E-state index in [1.165, 1.54) is 10.4 Å². The Labute approximate surface area is 152 Å². The maximum Gasteiger partial charge on any atom is 0.256 e. The van der Waals surface area contributed by atoms with Gasteiger partial charge in [0.1, 0.15) is 0 Å². The number of para-hydroxylation sites is 1. The van der Waals surface area contributed by atoms with Gasteiger partial charge < -0.3 is 15.5 Å². The maximum atomic E-state index is 13.1. The molecule has 25 heavy (non-hydrogen) atoms. The van der Waals surface area contributed by atoms with E-state index in [4.69, 9.17) is 0 Å². The molecule has 1 saturated heterocycles. The second kappa shape index (κ2) is 7.70. The van der Waals surface area contributed by atoms with Gasteiger partial charge in [0, 0.05) is 42.7 Å². The molecule has 1 aromatic heterocycles. The van der Waals surface area contributed by atoms with E-state index in [2.05, 4.69) is 29.0 Å². The smallest absolute Gasteiger partial charge is 0.256 e. The summed E-state index contributed by atoms with van der Waals surface area (Å²) in [7, 11) is 0. The number of anilines is 1. The van der Waals surface area contributed by atoms with Crippen LogP contribution in [0.5, 0.6) is 0 Å². The normalized spacial score (nSPS) is 17.8. The predicted molar refractivity (Wildman–Crippen MR) is 101 cm³/mol. The first-order valence-electron chi connectivity index (χ1n) is 8.50. The molecule has 6 heteroatoms. The highest BCUT2D eigenvalue weighted by molar-refractivity contribution is 7.10. The Hall–Kier alpha value is -2.34. The number of carbonyl (C=O) groups excluding carboxylic acids is 2. The number of carbonyl (C=O) groups is 2. The Morgan fingerprint density at radius 1 is 1.36 bits per heavy atom. The van der Waals surface area contributed by atoms with Crippen LogP contribution in [0.25, 0.3) is 0 Å². The van der Waals surface area contributed by atoms with Gasteiger partial charge in [0.2, 0.25) is 5.91 Å². The van der Waals surface area contributed by atoms with Crippen LogP contribution in [0.2, 0.25) is 0 Å². The van der Waals surface area contributed by atoms with Crippen LogP contribution in [-0.4, -0.2) is 35.8 Å². The van der Waals surface area contributed by atoms with Gasteiger partial charge in [-0.1, -0.05) is 12.1 Å². The summed E-state index contributed by atoms with van der Waals surface area (Å²) >= 11 is 1.71. The predicted octanol–water partition coefficient (Wildman–Crippen LogP) is 3.02. The molecule has 1 aliphatic rings. The third-order valence-electron chi connectivity index (χ3n) is 4.53. The molecule has 1 aromatic carbocycles. The van der Waals surface area contributed by atoms with E-state index in [9.17, 15) is 9.59 Å². The molecule has 0 radical (unpaired) electrons. The second-order valence-electron chi connectivity index (χ2n) is 6.33. The minimum absolute atomic E-state index is 0.00160. The lowest BCUT2D eigenvalue weighted by Crippen LogP contribution is -2.42. The molecule has 1 atom stereocenters. The molecule has 0 aliphatic carbocycles. The summed E-state index contributed by atoms with van der Waals surface area (Å²) in [5.41, 5.74) is 2.74. The fourth-order valence-corrected chi connectivity index (χ4v) is 3.79.